The van der Waals surface area contributed by atoms with Crippen LogP contribution >= 0.6 is 11.3 Å². The number of fused-ring (bicyclic) bond motifs is 1. The number of hydrogen-bond donors (Lipinski definition) is 1. The molecule has 1 atom stereocenters. The van der Waals surface area contributed by atoms with Crippen LogP contribution < -0.4 is 15.5 Å². The molecule has 2 aromatic heterocycles. The van der Waals surface area contributed by atoms with Gasteiger partial charge in [-0.15, -0.1) is 11.3 Å². The number of benzene rings is 1. The molecule has 32 heavy (non-hydrogen) atoms. The largest absolute Gasteiger partial charge is 0.463 e. The lowest BCUT2D eigenvalue weighted by molar-refractivity contribution is -0.136. The first-order valence-corrected chi connectivity index (χ1v) is 11.1. The van der Waals surface area contributed by atoms with Gasteiger partial charge in [0.15, 0.2) is 0 Å². The number of amides is 1. The molecule has 0 aliphatic rings. The number of alkyl carbamates (subject to hydrolysis) is 1. The summed E-state index contributed by atoms with van der Waals surface area (Å²) in [4.78, 5) is 41.8. The molecule has 1 amide bonds. The van der Waals surface area contributed by atoms with Crippen molar-refractivity contribution in [3.05, 3.63) is 45.3 Å². The molecule has 1 N–H and O–H groups in total. The standard InChI is InChI=1S/C23H26N2O6S/c1-7-14-8-15-18(29-10-16(19(15)26)20-24-12(2)11-32-20)9-17(14)30-21(27)13(3)25-22(28)31-23(4,5)6/h8-11,13H,7H2,1-6H3,(H,25,28). The zero-order valence-electron chi connectivity index (χ0n) is 18.9. The SMILES string of the molecule is CCc1cc2c(=O)c(-c3nc(C)cs3)coc2cc1OC(=O)C(C)NC(=O)OC(C)(C)C. The number of carbonyl (C=O) groups is 2. The molecule has 8 nitrogen and oxygen atoms in total. The molecule has 0 saturated heterocycles. The summed E-state index contributed by atoms with van der Waals surface area (Å²) in [6.07, 6.45) is 1.17. The summed E-state index contributed by atoms with van der Waals surface area (Å²) in [5, 5.41) is 5.29. The number of nitrogens with one attached hydrogen (secondary N) is 1. The van der Waals surface area contributed by atoms with Gasteiger partial charge in [0, 0.05) is 17.1 Å². The molecule has 0 saturated carbocycles. The Bertz CT molecular complexity index is 1220. The van der Waals surface area contributed by atoms with Gasteiger partial charge in [-0.1, -0.05) is 6.92 Å². The molecule has 0 aliphatic carbocycles. The Morgan fingerprint density at radius 1 is 1.28 bits per heavy atom. The third kappa shape index (κ3) is 5.34. The summed E-state index contributed by atoms with van der Waals surface area (Å²) in [5.74, 6) is -0.397. The molecule has 0 aliphatic heterocycles. The molecule has 9 heteroatoms. The van der Waals surface area contributed by atoms with Crippen molar-refractivity contribution in [2.24, 2.45) is 0 Å². The number of aryl methyl sites for hydroxylation is 2. The zero-order chi connectivity index (χ0) is 23.6. The van der Waals surface area contributed by atoms with Crippen LogP contribution in [0, 0.1) is 6.92 Å². The van der Waals surface area contributed by atoms with E-state index in [0.717, 1.165) is 5.69 Å². The second-order valence-electron chi connectivity index (χ2n) is 8.37. The van der Waals surface area contributed by atoms with E-state index in [9.17, 15) is 14.4 Å². The highest BCUT2D eigenvalue weighted by Crippen LogP contribution is 2.28. The Balaban J connectivity index is 1.86. The highest BCUT2D eigenvalue weighted by Gasteiger charge is 2.23. The Labute approximate surface area is 189 Å². The van der Waals surface area contributed by atoms with E-state index in [1.54, 1.807) is 26.8 Å². The fourth-order valence-electron chi connectivity index (χ4n) is 2.94. The van der Waals surface area contributed by atoms with Gasteiger partial charge in [0.25, 0.3) is 0 Å². The number of thiazole rings is 1. The summed E-state index contributed by atoms with van der Waals surface area (Å²) in [7, 11) is 0. The van der Waals surface area contributed by atoms with Crippen molar-refractivity contribution in [2.45, 2.75) is 59.6 Å². The molecule has 1 unspecified atom stereocenters. The highest BCUT2D eigenvalue weighted by atomic mass is 32.1. The van der Waals surface area contributed by atoms with Crippen LogP contribution in [0.3, 0.4) is 0 Å². The minimum absolute atomic E-state index is 0.201. The quantitative estimate of drug-likeness (QED) is 0.439. The molecular formula is C23H26N2O6S. The second kappa shape index (κ2) is 9.12. The van der Waals surface area contributed by atoms with Crippen LogP contribution in [0.15, 0.2) is 33.0 Å². The van der Waals surface area contributed by atoms with Crippen molar-refractivity contribution in [3.63, 3.8) is 0 Å². The highest BCUT2D eigenvalue weighted by molar-refractivity contribution is 7.13. The fraction of sp³-hybridized carbons (Fsp3) is 0.391. The lowest BCUT2D eigenvalue weighted by atomic mass is 10.1. The van der Waals surface area contributed by atoms with Gasteiger partial charge < -0.3 is 19.2 Å². The average molecular weight is 459 g/mol. The molecule has 0 bridgehead atoms. The summed E-state index contributed by atoms with van der Waals surface area (Å²) in [6.45, 7) is 10.4. The van der Waals surface area contributed by atoms with Crippen LogP contribution in [0.25, 0.3) is 21.5 Å². The van der Waals surface area contributed by atoms with Crippen molar-refractivity contribution < 1.29 is 23.5 Å². The van der Waals surface area contributed by atoms with Crippen molar-refractivity contribution in [1.29, 1.82) is 0 Å². The third-order valence-corrected chi connectivity index (χ3v) is 5.48. The van der Waals surface area contributed by atoms with Gasteiger partial charge in [-0.25, -0.2) is 14.6 Å². The van der Waals surface area contributed by atoms with Crippen LogP contribution in [-0.4, -0.2) is 28.7 Å². The predicted octanol–water partition coefficient (Wildman–Crippen LogP) is 4.61. The van der Waals surface area contributed by atoms with Gasteiger partial charge in [-0.05, 0) is 52.7 Å². The number of rotatable bonds is 5. The number of aromatic nitrogens is 1. The smallest absolute Gasteiger partial charge is 0.408 e. The Kier molecular flexibility index (Phi) is 6.68. The monoisotopic (exact) mass is 458 g/mol. The van der Waals surface area contributed by atoms with Crippen molar-refractivity contribution in [3.8, 4) is 16.3 Å². The number of ether oxygens (including phenoxy) is 2. The molecule has 0 fully saturated rings. The first kappa shape index (κ1) is 23.5. The van der Waals surface area contributed by atoms with E-state index in [1.165, 1.54) is 30.6 Å². The molecule has 0 radical (unpaired) electrons. The Hall–Kier alpha value is -3.20. The normalized spacial score (nSPS) is 12.4. The molecule has 1 aromatic carbocycles. The summed E-state index contributed by atoms with van der Waals surface area (Å²) >= 11 is 1.37. The maximum atomic E-state index is 13.0. The van der Waals surface area contributed by atoms with Crippen LogP contribution in [0.2, 0.25) is 0 Å². The summed E-state index contributed by atoms with van der Waals surface area (Å²) < 4.78 is 16.4. The first-order valence-electron chi connectivity index (χ1n) is 10.2. The molecular weight excluding hydrogens is 432 g/mol. The van der Waals surface area contributed by atoms with Crippen LogP contribution in [-0.2, 0) is 16.0 Å². The van der Waals surface area contributed by atoms with Gasteiger partial charge in [0.05, 0.1) is 10.9 Å². The zero-order valence-corrected chi connectivity index (χ0v) is 19.7. The molecule has 170 valence electrons. The molecule has 0 spiro atoms. The van der Waals surface area contributed by atoms with Crippen molar-refractivity contribution >= 4 is 34.4 Å². The summed E-state index contributed by atoms with van der Waals surface area (Å²) in [6, 6.07) is 2.25. The number of hydrogen-bond acceptors (Lipinski definition) is 8. The maximum absolute atomic E-state index is 13.0. The van der Waals surface area contributed by atoms with E-state index in [-0.39, 0.29) is 11.2 Å². The van der Waals surface area contributed by atoms with Crippen molar-refractivity contribution in [2.75, 3.05) is 0 Å². The fourth-order valence-corrected chi connectivity index (χ4v) is 3.74. The van der Waals surface area contributed by atoms with Crippen LogP contribution in [0.1, 0.15) is 45.9 Å². The van der Waals surface area contributed by atoms with Gasteiger partial charge in [-0.2, -0.15) is 0 Å². The Morgan fingerprint density at radius 2 is 2.00 bits per heavy atom. The van der Waals surface area contributed by atoms with E-state index in [0.29, 0.717) is 33.5 Å². The maximum Gasteiger partial charge on any atom is 0.408 e. The van der Waals surface area contributed by atoms with Crippen LogP contribution in [0.4, 0.5) is 4.79 Å². The van der Waals surface area contributed by atoms with Crippen molar-refractivity contribution in [1.82, 2.24) is 10.3 Å². The minimum Gasteiger partial charge on any atom is -0.463 e. The Morgan fingerprint density at radius 3 is 2.59 bits per heavy atom. The topological polar surface area (TPSA) is 108 Å². The van der Waals surface area contributed by atoms with Gasteiger partial charge in [0.2, 0.25) is 5.43 Å². The van der Waals surface area contributed by atoms with Crippen LogP contribution in [0.5, 0.6) is 5.75 Å². The molecule has 3 aromatic rings. The van der Waals surface area contributed by atoms with Gasteiger partial charge in [0.1, 0.15) is 34.2 Å². The average Bonchev–Trinajstić information content (AvgIpc) is 3.12. The minimum atomic E-state index is -0.937. The number of nitrogens with zero attached hydrogens (tertiary/aromatic N) is 1. The third-order valence-electron chi connectivity index (χ3n) is 4.48. The van der Waals surface area contributed by atoms with E-state index in [4.69, 9.17) is 13.9 Å². The van der Waals surface area contributed by atoms with E-state index < -0.39 is 23.7 Å². The van der Waals surface area contributed by atoms with E-state index in [2.05, 4.69) is 10.3 Å². The lowest BCUT2D eigenvalue weighted by Crippen LogP contribution is -2.43. The van der Waals surface area contributed by atoms with E-state index in [1.807, 2.05) is 19.2 Å². The van der Waals surface area contributed by atoms with Gasteiger partial charge in [-0.3, -0.25) is 4.79 Å². The number of carbonyl (C=O) groups excluding carboxylic acids is 2. The first-order chi connectivity index (χ1) is 15.0. The summed E-state index contributed by atoms with van der Waals surface area (Å²) in [5.41, 5.74) is 1.28. The molecule has 3 rings (SSSR count). The van der Waals surface area contributed by atoms with Gasteiger partial charge >= 0.3 is 12.1 Å². The second-order valence-corrected chi connectivity index (χ2v) is 9.23. The molecule has 2 heterocycles. The predicted molar refractivity (Wildman–Crippen MR) is 122 cm³/mol. The number of esters is 1. The lowest BCUT2D eigenvalue weighted by Gasteiger charge is -2.21. The van der Waals surface area contributed by atoms with E-state index >= 15 is 0 Å².